The molecule has 0 rings (SSSR count). The van der Waals surface area contributed by atoms with Gasteiger partial charge in [0.05, 0.1) is 0 Å². The highest BCUT2D eigenvalue weighted by molar-refractivity contribution is 5.71. The molecule has 0 aliphatic rings. The van der Waals surface area contributed by atoms with Crippen LogP contribution in [0.1, 0.15) is 316 Å². The van der Waals surface area contributed by atoms with E-state index in [4.69, 9.17) is 14.2 Å². The van der Waals surface area contributed by atoms with Crippen molar-refractivity contribution in [2.45, 2.75) is 322 Å². The summed E-state index contributed by atoms with van der Waals surface area (Å²) in [7, 11) is 0. The largest absolute Gasteiger partial charge is 0.462 e. The van der Waals surface area contributed by atoms with Gasteiger partial charge in [0, 0.05) is 19.3 Å². The standard InChI is InChI=1S/C57H108O6/c1-4-7-10-13-16-19-22-25-26-27-28-29-30-31-33-35-38-41-44-47-50-56(59)62-53-54(52-61-55(58)49-46-43-40-37-34-24-21-18-15-12-9-6-3)63-57(60)51-48-45-42-39-36-32-23-20-17-14-11-8-5-2/h18,21,54H,4-17,19-20,22-53H2,1-3H3/b21-18-. The first kappa shape index (κ1) is 61.1. The molecule has 0 aromatic rings. The van der Waals surface area contributed by atoms with Crippen molar-refractivity contribution in [1.29, 1.82) is 0 Å². The Balaban J connectivity index is 4.25. The molecule has 1 atom stereocenters. The molecule has 0 amide bonds. The zero-order valence-electron chi connectivity index (χ0n) is 42.6. The summed E-state index contributed by atoms with van der Waals surface area (Å²) in [6, 6.07) is 0. The summed E-state index contributed by atoms with van der Waals surface area (Å²) in [4.78, 5) is 38.0. The van der Waals surface area contributed by atoms with E-state index in [-0.39, 0.29) is 31.1 Å². The third-order valence-electron chi connectivity index (χ3n) is 12.8. The maximum Gasteiger partial charge on any atom is 0.306 e. The van der Waals surface area contributed by atoms with Crippen molar-refractivity contribution < 1.29 is 28.6 Å². The fourth-order valence-electron chi connectivity index (χ4n) is 8.50. The number of rotatable bonds is 52. The third kappa shape index (κ3) is 51.0. The van der Waals surface area contributed by atoms with E-state index < -0.39 is 6.10 Å². The number of ether oxygens (including phenoxy) is 3. The highest BCUT2D eigenvalue weighted by atomic mass is 16.6. The predicted molar refractivity (Wildman–Crippen MR) is 270 cm³/mol. The van der Waals surface area contributed by atoms with E-state index in [1.54, 1.807) is 0 Å². The van der Waals surface area contributed by atoms with E-state index in [0.717, 1.165) is 64.2 Å². The Bertz CT molecular complexity index is 978. The van der Waals surface area contributed by atoms with Crippen LogP contribution < -0.4 is 0 Å². The molecule has 0 radical (unpaired) electrons. The van der Waals surface area contributed by atoms with Gasteiger partial charge in [-0.1, -0.05) is 264 Å². The first-order valence-electron chi connectivity index (χ1n) is 28.2. The third-order valence-corrected chi connectivity index (χ3v) is 12.8. The summed E-state index contributed by atoms with van der Waals surface area (Å²) in [6.45, 7) is 6.66. The molecule has 0 aromatic heterocycles. The molecular formula is C57H108O6. The van der Waals surface area contributed by atoms with Crippen LogP contribution in [0.3, 0.4) is 0 Å². The Morgan fingerprint density at radius 3 is 0.825 bits per heavy atom. The van der Waals surface area contributed by atoms with Crippen molar-refractivity contribution in [3.8, 4) is 0 Å². The summed E-state index contributed by atoms with van der Waals surface area (Å²) in [5.41, 5.74) is 0. The van der Waals surface area contributed by atoms with Crippen molar-refractivity contribution in [3.05, 3.63) is 12.2 Å². The van der Waals surface area contributed by atoms with E-state index in [9.17, 15) is 14.4 Å². The maximum absolute atomic E-state index is 12.8. The molecule has 0 heterocycles. The maximum atomic E-state index is 12.8. The molecule has 6 nitrogen and oxygen atoms in total. The summed E-state index contributed by atoms with van der Waals surface area (Å²) >= 11 is 0. The number of esters is 3. The molecule has 0 N–H and O–H groups in total. The molecule has 0 aromatic carbocycles. The number of carbonyl (C=O) groups excluding carboxylic acids is 3. The van der Waals surface area contributed by atoms with Crippen molar-refractivity contribution in [2.24, 2.45) is 0 Å². The molecule has 6 heteroatoms. The molecule has 0 aliphatic carbocycles. The van der Waals surface area contributed by atoms with Crippen LogP contribution in [0.4, 0.5) is 0 Å². The van der Waals surface area contributed by atoms with Crippen molar-refractivity contribution in [2.75, 3.05) is 13.2 Å². The number of carbonyl (C=O) groups is 3. The molecule has 0 saturated carbocycles. The van der Waals surface area contributed by atoms with Crippen molar-refractivity contribution in [1.82, 2.24) is 0 Å². The second-order valence-corrected chi connectivity index (χ2v) is 19.2. The quantitative estimate of drug-likeness (QED) is 0.0262. The number of unbranched alkanes of at least 4 members (excludes halogenated alkanes) is 39. The molecule has 372 valence electrons. The lowest BCUT2D eigenvalue weighted by atomic mass is 10.0. The van der Waals surface area contributed by atoms with Crippen molar-refractivity contribution in [3.63, 3.8) is 0 Å². The van der Waals surface area contributed by atoms with E-state index in [2.05, 4.69) is 32.9 Å². The lowest BCUT2D eigenvalue weighted by Gasteiger charge is -2.18. The Morgan fingerprint density at radius 2 is 0.524 bits per heavy atom. The van der Waals surface area contributed by atoms with E-state index in [1.807, 2.05) is 0 Å². The Kier molecular flexibility index (Phi) is 51.2. The lowest BCUT2D eigenvalue weighted by molar-refractivity contribution is -0.167. The van der Waals surface area contributed by atoms with Crippen LogP contribution in [0.15, 0.2) is 12.2 Å². The van der Waals surface area contributed by atoms with Crippen LogP contribution in [0.2, 0.25) is 0 Å². The highest BCUT2D eigenvalue weighted by Crippen LogP contribution is 2.17. The van der Waals surface area contributed by atoms with Gasteiger partial charge in [0.25, 0.3) is 0 Å². The topological polar surface area (TPSA) is 78.9 Å². The van der Waals surface area contributed by atoms with Gasteiger partial charge in [-0.15, -0.1) is 0 Å². The van der Waals surface area contributed by atoms with Gasteiger partial charge in [0.1, 0.15) is 13.2 Å². The second-order valence-electron chi connectivity index (χ2n) is 19.2. The molecule has 0 spiro atoms. The summed E-state index contributed by atoms with van der Waals surface area (Å²) in [6.07, 6.45) is 59.2. The fourth-order valence-corrected chi connectivity index (χ4v) is 8.50. The van der Waals surface area contributed by atoms with Crippen LogP contribution in [0.25, 0.3) is 0 Å². The highest BCUT2D eigenvalue weighted by Gasteiger charge is 2.19. The van der Waals surface area contributed by atoms with Crippen LogP contribution in [-0.4, -0.2) is 37.2 Å². The molecule has 0 saturated heterocycles. The van der Waals surface area contributed by atoms with Gasteiger partial charge in [-0.2, -0.15) is 0 Å². The first-order valence-corrected chi connectivity index (χ1v) is 28.2. The van der Waals surface area contributed by atoms with Crippen LogP contribution >= 0.6 is 0 Å². The predicted octanol–water partition coefficient (Wildman–Crippen LogP) is 18.5. The SMILES string of the molecule is CCCCC/C=C\CCCCCCCC(=O)OCC(COC(=O)CCCCCCCCCCCCCCCCCCCCCC)OC(=O)CCCCCCCCCCCCCCC. The monoisotopic (exact) mass is 889 g/mol. The number of allylic oxidation sites excluding steroid dienone is 2. The van der Waals surface area contributed by atoms with Gasteiger partial charge in [0.2, 0.25) is 0 Å². The average molecular weight is 889 g/mol. The Morgan fingerprint density at radius 1 is 0.302 bits per heavy atom. The Hall–Kier alpha value is -1.85. The van der Waals surface area contributed by atoms with Crippen LogP contribution in [0.5, 0.6) is 0 Å². The van der Waals surface area contributed by atoms with E-state index in [0.29, 0.717) is 19.3 Å². The summed E-state index contributed by atoms with van der Waals surface area (Å²) in [5.74, 6) is -0.855. The van der Waals surface area contributed by atoms with Gasteiger partial charge in [0.15, 0.2) is 6.10 Å². The molecule has 0 fully saturated rings. The molecule has 0 bridgehead atoms. The average Bonchev–Trinajstić information content (AvgIpc) is 3.28. The van der Waals surface area contributed by atoms with Gasteiger partial charge in [-0.3, -0.25) is 14.4 Å². The van der Waals surface area contributed by atoms with E-state index in [1.165, 1.54) is 212 Å². The van der Waals surface area contributed by atoms with Crippen molar-refractivity contribution >= 4 is 17.9 Å². The van der Waals surface area contributed by atoms with Gasteiger partial charge >= 0.3 is 17.9 Å². The minimum Gasteiger partial charge on any atom is -0.462 e. The van der Waals surface area contributed by atoms with Gasteiger partial charge < -0.3 is 14.2 Å². The minimum atomic E-state index is -0.766. The van der Waals surface area contributed by atoms with Gasteiger partial charge in [-0.05, 0) is 44.9 Å². The Labute approximate surface area is 392 Å². The summed E-state index contributed by atoms with van der Waals surface area (Å²) in [5, 5.41) is 0. The van der Waals surface area contributed by atoms with Crippen LogP contribution in [0, 0.1) is 0 Å². The normalized spacial score (nSPS) is 12.0. The van der Waals surface area contributed by atoms with E-state index >= 15 is 0 Å². The zero-order chi connectivity index (χ0) is 45.8. The lowest BCUT2D eigenvalue weighted by Crippen LogP contribution is -2.30. The molecule has 63 heavy (non-hydrogen) atoms. The second kappa shape index (κ2) is 52.8. The molecule has 1 unspecified atom stereocenters. The number of hydrogen-bond donors (Lipinski definition) is 0. The summed E-state index contributed by atoms with van der Waals surface area (Å²) < 4.78 is 16.8. The molecule has 0 aliphatic heterocycles. The van der Waals surface area contributed by atoms with Gasteiger partial charge in [-0.25, -0.2) is 0 Å². The smallest absolute Gasteiger partial charge is 0.306 e. The van der Waals surface area contributed by atoms with Crippen LogP contribution in [-0.2, 0) is 28.6 Å². The molecular weight excluding hydrogens is 781 g/mol. The first-order chi connectivity index (χ1) is 31.0. The number of hydrogen-bond acceptors (Lipinski definition) is 6. The zero-order valence-corrected chi connectivity index (χ0v) is 42.6. The minimum absolute atomic E-state index is 0.0668. The fraction of sp³-hybridized carbons (Fsp3) is 0.912.